The van der Waals surface area contributed by atoms with Crippen LogP contribution in [0.1, 0.15) is 50.2 Å². The van der Waals surface area contributed by atoms with Crippen LogP contribution in [-0.4, -0.2) is 0 Å². The molecule has 2 aromatic rings. The molecule has 0 aliphatic rings. The Kier molecular flexibility index (Phi) is 4.21. The molecule has 0 spiro atoms. The lowest BCUT2D eigenvalue weighted by molar-refractivity contribution is -0.667. The van der Waals surface area contributed by atoms with Crippen molar-refractivity contribution in [3.8, 4) is 11.3 Å². The van der Waals surface area contributed by atoms with Gasteiger partial charge < -0.3 is 0 Å². The standard InChI is InChI=1S/C21H30N/c1-11-12(2)16(6)20(17(7)13(11)3)21-18(8)14(4)15(5)19(9)22(21)10/h1-10H3/q+1. The molecule has 1 heterocycles. The Balaban J connectivity index is 3.03. The molecule has 1 aromatic carbocycles. The zero-order chi connectivity index (χ0) is 16.9. The SMILES string of the molecule is Cc1c(C)c(C)c(-c2c(C)c(C)c(C)c(C)[n+]2C)c(C)c1C. The number of aromatic nitrogens is 1. The normalized spacial score (nSPS) is 11.2. The highest BCUT2D eigenvalue weighted by Crippen LogP contribution is 2.35. The third kappa shape index (κ3) is 2.18. The van der Waals surface area contributed by atoms with Gasteiger partial charge in [-0.05, 0) is 88.8 Å². The summed E-state index contributed by atoms with van der Waals surface area (Å²) >= 11 is 0. The lowest BCUT2D eigenvalue weighted by Gasteiger charge is -2.20. The largest absolute Gasteiger partial charge is 0.216 e. The first kappa shape index (κ1) is 16.7. The molecule has 0 bridgehead atoms. The minimum atomic E-state index is 1.35. The Hall–Kier alpha value is -1.63. The van der Waals surface area contributed by atoms with Gasteiger partial charge in [0.05, 0.1) is 5.56 Å². The Bertz CT molecular complexity index is 654. The van der Waals surface area contributed by atoms with E-state index >= 15 is 0 Å². The number of benzene rings is 1. The van der Waals surface area contributed by atoms with Crippen LogP contribution in [0.25, 0.3) is 11.3 Å². The number of hydrogen-bond donors (Lipinski definition) is 0. The molecule has 0 N–H and O–H groups in total. The minimum absolute atomic E-state index is 1.35. The van der Waals surface area contributed by atoms with Crippen molar-refractivity contribution in [3.63, 3.8) is 0 Å². The Morgan fingerprint density at radius 3 is 1.27 bits per heavy atom. The Morgan fingerprint density at radius 2 is 0.818 bits per heavy atom. The summed E-state index contributed by atoms with van der Waals surface area (Å²) in [5, 5.41) is 0. The maximum Gasteiger partial charge on any atom is 0.216 e. The lowest BCUT2D eigenvalue weighted by Crippen LogP contribution is -2.37. The molecule has 0 atom stereocenters. The van der Waals surface area contributed by atoms with Crippen LogP contribution < -0.4 is 4.57 Å². The molecule has 0 unspecified atom stereocenters. The van der Waals surface area contributed by atoms with Gasteiger partial charge in [0.2, 0.25) is 5.69 Å². The molecule has 0 fully saturated rings. The first-order valence-corrected chi connectivity index (χ1v) is 8.14. The number of pyridine rings is 1. The maximum atomic E-state index is 2.38. The van der Waals surface area contributed by atoms with Crippen molar-refractivity contribution in [3.05, 3.63) is 50.2 Å². The molecular weight excluding hydrogens is 266 g/mol. The summed E-state index contributed by atoms with van der Waals surface area (Å²) in [6.45, 7) is 20.3. The van der Waals surface area contributed by atoms with E-state index in [1.807, 2.05) is 0 Å². The fourth-order valence-corrected chi connectivity index (χ4v) is 3.61. The van der Waals surface area contributed by atoms with Crippen molar-refractivity contribution < 1.29 is 4.57 Å². The van der Waals surface area contributed by atoms with E-state index in [1.165, 1.54) is 61.5 Å². The first-order chi connectivity index (χ1) is 10.1. The van der Waals surface area contributed by atoms with Crippen molar-refractivity contribution in [2.24, 2.45) is 7.05 Å². The zero-order valence-corrected chi connectivity index (χ0v) is 15.9. The summed E-state index contributed by atoms with van der Waals surface area (Å²) in [6, 6.07) is 0. The lowest BCUT2D eigenvalue weighted by atomic mass is 9.85. The first-order valence-electron chi connectivity index (χ1n) is 8.14. The highest BCUT2D eigenvalue weighted by atomic mass is 14.9. The van der Waals surface area contributed by atoms with Gasteiger partial charge in [-0.25, -0.2) is 0 Å². The molecule has 0 saturated carbocycles. The summed E-state index contributed by atoms with van der Waals surface area (Å²) in [4.78, 5) is 0. The minimum Gasteiger partial charge on any atom is -0.198 e. The summed E-state index contributed by atoms with van der Waals surface area (Å²) < 4.78 is 2.38. The van der Waals surface area contributed by atoms with E-state index in [2.05, 4.69) is 73.9 Å². The van der Waals surface area contributed by atoms with E-state index in [9.17, 15) is 0 Å². The average molecular weight is 296 g/mol. The fourth-order valence-electron chi connectivity index (χ4n) is 3.61. The van der Waals surface area contributed by atoms with Crippen molar-refractivity contribution in [2.75, 3.05) is 0 Å². The van der Waals surface area contributed by atoms with Crippen LogP contribution in [0.2, 0.25) is 0 Å². The van der Waals surface area contributed by atoms with Gasteiger partial charge in [-0.15, -0.1) is 0 Å². The molecule has 0 aliphatic carbocycles. The molecular formula is C21H30N+. The third-order valence-corrected chi connectivity index (χ3v) is 6.10. The molecule has 1 aromatic heterocycles. The van der Waals surface area contributed by atoms with Crippen LogP contribution in [0.5, 0.6) is 0 Å². The second-order valence-electron chi connectivity index (χ2n) is 6.87. The van der Waals surface area contributed by atoms with Gasteiger partial charge in [0.1, 0.15) is 7.05 Å². The molecule has 0 aliphatic heterocycles. The quantitative estimate of drug-likeness (QED) is 0.655. The fraction of sp³-hybridized carbons (Fsp3) is 0.476. The van der Waals surface area contributed by atoms with Gasteiger partial charge in [0.25, 0.3) is 0 Å². The van der Waals surface area contributed by atoms with Crippen LogP contribution in [0.15, 0.2) is 0 Å². The molecule has 118 valence electrons. The van der Waals surface area contributed by atoms with Crippen LogP contribution >= 0.6 is 0 Å². The van der Waals surface area contributed by atoms with Crippen LogP contribution in [-0.2, 0) is 7.05 Å². The van der Waals surface area contributed by atoms with Crippen LogP contribution in [0, 0.1) is 62.3 Å². The number of rotatable bonds is 1. The van der Waals surface area contributed by atoms with E-state index in [4.69, 9.17) is 0 Å². The van der Waals surface area contributed by atoms with E-state index in [0.717, 1.165) is 0 Å². The molecule has 0 amide bonds. The van der Waals surface area contributed by atoms with Crippen molar-refractivity contribution >= 4 is 0 Å². The van der Waals surface area contributed by atoms with E-state index in [1.54, 1.807) is 0 Å². The monoisotopic (exact) mass is 296 g/mol. The second-order valence-corrected chi connectivity index (χ2v) is 6.87. The number of nitrogens with zero attached hydrogens (tertiary/aromatic N) is 1. The van der Waals surface area contributed by atoms with Gasteiger partial charge >= 0.3 is 0 Å². The Morgan fingerprint density at radius 1 is 0.455 bits per heavy atom. The molecule has 2 rings (SSSR count). The summed E-state index contributed by atoms with van der Waals surface area (Å²) in [5.41, 5.74) is 15.5. The van der Waals surface area contributed by atoms with Gasteiger partial charge in [-0.2, -0.15) is 4.57 Å². The highest BCUT2D eigenvalue weighted by molar-refractivity contribution is 5.73. The number of hydrogen-bond acceptors (Lipinski definition) is 0. The van der Waals surface area contributed by atoms with Gasteiger partial charge in [-0.1, -0.05) is 0 Å². The van der Waals surface area contributed by atoms with Gasteiger partial charge in [0.15, 0.2) is 5.69 Å². The summed E-state index contributed by atoms with van der Waals surface area (Å²) in [5.74, 6) is 0. The van der Waals surface area contributed by atoms with Gasteiger partial charge in [-0.3, -0.25) is 0 Å². The molecule has 1 nitrogen and oxygen atoms in total. The smallest absolute Gasteiger partial charge is 0.198 e. The summed E-state index contributed by atoms with van der Waals surface area (Å²) in [6.07, 6.45) is 0. The molecule has 0 radical (unpaired) electrons. The predicted octanol–water partition coefficient (Wildman–Crippen LogP) is 4.95. The summed E-state index contributed by atoms with van der Waals surface area (Å²) in [7, 11) is 2.20. The topological polar surface area (TPSA) is 3.88 Å². The average Bonchev–Trinajstić information content (AvgIpc) is 2.50. The predicted molar refractivity (Wildman–Crippen MR) is 95.7 cm³/mol. The van der Waals surface area contributed by atoms with Crippen LogP contribution in [0.3, 0.4) is 0 Å². The maximum absolute atomic E-state index is 2.38. The van der Waals surface area contributed by atoms with Crippen molar-refractivity contribution in [1.29, 1.82) is 0 Å². The molecule has 1 heteroatoms. The van der Waals surface area contributed by atoms with Crippen molar-refractivity contribution in [1.82, 2.24) is 0 Å². The highest BCUT2D eigenvalue weighted by Gasteiger charge is 2.26. The second kappa shape index (κ2) is 5.53. The van der Waals surface area contributed by atoms with E-state index in [0.29, 0.717) is 0 Å². The molecule has 0 saturated heterocycles. The van der Waals surface area contributed by atoms with Crippen LogP contribution in [0.4, 0.5) is 0 Å². The zero-order valence-electron chi connectivity index (χ0n) is 15.9. The van der Waals surface area contributed by atoms with Gasteiger partial charge in [0, 0.05) is 18.1 Å². The third-order valence-electron chi connectivity index (χ3n) is 6.10. The van der Waals surface area contributed by atoms with E-state index in [-0.39, 0.29) is 0 Å². The van der Waals surface area contributed by atoms with Crippen molar-refractivity contribution in [2.45, 2.75) is 62.3 Å². The Labute approximate surface area is 136 Å². The van der Waals surface area contributed by atoms with E-state index < -0.39 is 0 Å². The molecule has 22 heavy (non-hydrogen) atoms.